The number of pyridine rings is 1. The van der Waals surface area contributed by atoms with Crippen LogP contribution in [0.1, 0.15) is 24.5 Å². The van der Waals surface area contributed by atoms with Crippen LogP contribution in [-0.2, 0) is 17.4 Å². The highest BCUT2D eigenvalue weighted by Gasteiger charge is 2.31. The molecule has 4 nitrogen and oxygen atoms in total. The molecule has 0 saturated heterocycles. The Morgan fingerprint density at radius 2 is 1.89 bits per heavy atom. The van der Waals surface area contributed by atoms with E-state index < -0.39 is 17.3 Å². The number of benzene rings is 2. The first-order valence-corrected chi connectivity index (χ1v) is 8.70. The quantitative estimate of drug-likeness (QED) is 0.630. The zero-order valence-corrected chi connectivity index (χ0v) is 15.4. The molecule has 0 bridgehead atoms. The number of fused-ring (bicyclic) bond motifs is 1. The number of hydrogen-bond acceptors (Lipinski definition) is 3. The minimum Gasteiger partial charge on any atom is -0.507 e. The van der Waals surface area contributed by atoms with E-state index in [4.69, 9.17) is 11.6 Å². The summed E-state index contributed by atoms with van der Waals surface area (Å²) in [7, 11) is 0. The number of aromatic amines is 1. The molecule has 0 aliphatic carbocycles. The Balaban J connectivity index is 2.43. The molecule has 0 unspecified atom stereocenters. The second-order valence-corrected chi connectivity index (χ2v) is 6.87. The highest BCUT2D eigenvalue weighted by atomic mass is 35.5. The van der Waals surface area contributed by atoms with Crippen LogP contribution in [0.3, 0.4) is 0 Å². The Bertz CT molecular complexity index is 1140. The minimum absolute atomic E-state index is 0.0120. The number of Topliss-reactive ketones (excluding diaryl/α,β-unsaturated/α-hetero) is 1. The molecule has 28 heavy (non-hydrogen) atoms. The van der Waals surface area contributed by atoms with E-state index in [1.54, 1.807) is 0 Å². The summed E-state index contributed by atoms with van der Waals surface area (Å²) in [5.74, 6) is -0.414. The van der Waals surface area contributed by atoms with Gasteiger partial charge in [-0.25, -0.2) is 0 Å². The lowest BCUT2D eigenvalue weighted by Gasteiger charge is -2.16. The number of alkyl halides is 3. The van der Waals surface area contributed by atoms with Gasteiger partial charge in [-0.15, -0.1) is 0 Å². The van der Waals surface area contributed by atoms with Crippen molar-refractivity contribution in [1.29, 1.82) is 0 Å². The smallest absolute Gasteiger partial charge is 0.416 e. The largest absolute Gasteiger partial charge is 0.507 e. The first-order valence-electron chi connectivity index (χ1n) is 8.32. The molecule has 0 fully saturated rings. The topological polar surface area (TPSA) is 70.2 Å². The van der Waals surface area contributed by atoms with Gasteiger partial charge in [-0.2, -0.15) is 13.2 Å². The third-order valence-corrected chi connectivity index (χ3v) is 4.63. The molecule has 0 amide bonds. The number of phenols is 1. The number of hydrogen-bond donors (Lipinski definition) is 2. The van der Waals surface area contributed by atoms with Gasteiger partial charge in [0.2, 0.25) is 0 Å². The summed E-state index contributed by atoms with van der Waals surface area (Å²) in [6.45, 7) is 1.35. The zero-order valence-electron chi connectivity index (χ0n) is 14.7. The Kier molecular flexibility index (Phi) is 5.21. The van der Waals surface area contributed by atoms with Gasteiger partial charge in [-0.1, -0.05) is 11.6 Å². The van der Waals surface area contributed by atoms with Gasteiger partial charge in [0.25, 0.3) is 5.56 Å². The van der Waals surface area contributed by atoms with Crippen LogP contribution in [0, 0.1) is 0 Å². The average molecular weight is 410 g/mol. The molecule has 0 spiro atoms. The summed E-state index contributed by atoms with van der Waals surface area (Å²) in [4.78, 5) is 26.6. The molecular weight excluding hydrogens is 395 g/mol. The zero-order chi connectivity index (χ0) is 20.6. The molecule has 146 valence electrons. The lowest BCUT2D eigenvalue weighted by Crippen LogP contribution is -2.16. The van der Waals surface area contributed by atoms with Crippen molar-refractivity contribution in [2.75, 3.05) is 0 Å². The Morgan fingerprint density at radius 1 is 1.18 bits per heavy atom. The SMILES string of the molecule is CC(=O)CCc1c(-c2cc(Cl)ccc2O)c2cc(C(F)(F)F)ccc2[nH]c1=O. The van der Waals surface area contributed by atoms with Crippen LogP contribution in [-0.4, -0.2) is 15.9 Å². The Labute approximate surface area is 162 Å². The van der Waals surface area contributed by atoms with Crippen LogP contribution in [0.15, 0.2) is 41.2 Å². The third kappa shape index (κ3) is 3.89. The maximum atomic E-state index is 13.2. The van der Waals surface area contributed by atoms with Crippen LogP contribution < -0.4 is 5.56 Å². The minimum atomic E-state index is -4.59. The fourth-order valence-electron chi connectivity index (χ4n) is 3.07. The fraction of sp³-hybridized carbons (Fsp3) is 0.200. The van der Waals surface area contributed by atoms with Crippen molar-refractivity contribution in [2.45, 2.75) is 25.9 Å². The number of ketones is 1. The molecule has 2 N–H and O–H groups in total. The number of halogens is 4. The molecule has 0 atom stereocenters. The molecule has 0 aliphatic rings. The van der Waals surface area contributed by atoms with Crippen molar-refractivity contribution in [3.8, 4) is 16.9 Å². The van der Waals surface area contributed by atoms with Crippen molar-refractivity contribution in [3.05, 3.63) is 62.9 Å². The predicted molar refractivity (Wildman–Crippen MR) is 101 cm³/mol. The lowest BCUT2D eigenvalue weighted by molar-refractivity contribution is -0.137. The normalized spacial score (nSPS) is 11.8. The standard InChI is InChI=1S/C20H15ClF3NO3/c1-10(26)2-5-13-18(15-9-12(21)4-7-17(15)27)14-8-11(20(22,23)24)3-6-16(14)25-19(13)28/h3-4,6-9,27H,2,5H2,1H3,(H,25,28). The van der Waals surface area contributed by atoms with Crippen LogP contribution in [0.2, 0.25) is 5.02 Å². The van der Waals surface area contributed by atoms with E-state index in [2.05, 4.69) is 4.98 Å². The van der Waals surface area contributed by atoms with Gasteiger partial charge in [-0.05, 0) is 49.7 Å². The maximum absolute atomic E-state index is 13.2. The number of rotatable bonds is 4. The lowest BCUT2D eigenvalue weighted by atomic mass is 9.92. The first kappa shape index (κ1) is 19.9. The van der Waals surface area contributed by atoms with Crippen molar-refractivity contribution in [3.63, 3.8) is 0 Å². The summed E-state index contributed by atoms with van der Waals surface area (Å²) in [5.41, 5.74) is -0.888. The second kappa shape index (κ2) is 7.31. The number of carbonyl (C=O) groups is 1. The summed E-state index contributed by atoms with van der Waals surface area (Å²) in [6.07, 6.45) is -4.54. The van der Waals surface area contributed by atoms with Crippen LogP contribution in [0.25, 0.3) is 22.0 Å². The van der Waals surface area contributed by atoms with E-state index >= 15 is 0 Å². The highest BCUT2D eigenvalue weighted by Crippen LogP contribution is 2.39. The van der Waals surface area contributed by atoms with E-state index in [-0.39, 0.29) is 57.0 Å². The first-order chi connectivity index (χ1) is 13.1. The van der Waals surface area contributed by atoms with Crippen molar-refractivity contribution in [1.82, 2.24) is 4.98 Å². The number of carbonyl (C=O) groups excluding carboxylic acids is 1. The van der Waals surface area contributed by atoms with Gasteiger partial charge in [0.15, 0.2) is 0 Å². The molecule has 1 aromatic heterocycles. The molecule has 3 rings (SSSR count). The molecule has 0 radical (unpaired) electrons. The van der Waals surface area contributed by atoms with E-state index in [1.165, 1.54) is 31.2 Å². The maximum Gasteiger partial charge on any atom is 0.416 e. The van der Waals surface area contributed by atoms with Crippen molar-refractivity contribution < 1.29 is 23.1 Å². The van der Waals surface area contributed by atoms with Gasteiger partial charge >= 0.3 is 6.18 Å². The molecule has 8 heteroatoms. The number of nitrogens with one attached hydrogen (secondary N) is 1. The third-order valence-electron chi connectivity index (χ3n) is 4.40. The van der Waals surface area contributed by atoms with Crippen molar-refractivity contribution >= 4 is 28.3 Å². The van der Waals surface area contributed by atoms with E-state index in [0.717, 1.165) is 12.1 Å². The number of H-pyrrole nitrogens is 1. The second-order valence-electron chi connectivity index (χ2n) is 6.43. The monoisotopic (exact) mass is 409 g/mol. The Hall–Kier alpha value is -2.80. The molecule has 1 heterocycles. The highest BCUT2D eigenvalue weighted by molar-refractivity contribution is 6.31. The van der Waals surface area contributed by atoms with Crippen LogP contribution in [0.5, 0.6) is 5.75 Å². The number of aromatic hydroxyl groups is 1. The van der Waals surface area contributed by atoms with E-state index in [0.29, 0.717) is 0 Å². The average Bonchev–Trinajstić information content (AvgIpc) is 2.60. The molecule has 2 aromatic carbocycles. The fourth-order valence-corrected chi connectivity index (χ4v) is 3.24. The number of phenolic OH excluding ortho intramolecular Hbond substituents is 1. The summed E-state index contributed by atoms with van der Waals surface area (Å²) in [5, 5.41) is 10.7. The summed E-state index contributed by atoms with van der Waals surface area (Å²) < 4.78 is 39.7. The van der Waals surface area contributed by atoms with Gasteiger partial charge in [0.05, 0.1) is 5.56 Å². The summed E-state index contributed by atoms with van der Waals surface area (Å²) >= 11 is 6.01. The predicted octanol–water partition coefficient (Wildman–Crippen LogP) is 5.09. The molecule has 0 aliphatic heterocycles. The van der Waals surface area contributed by atoms with Gasteiger partial charge in [-0.3, -0.25) is 4.79 Å². The Morgan fingerprint density at radius 3 is 2.54 bits per heavy atom. The number of aromatic nitrogens is 1. The van der Waals surface area contributed by atoms with E-state index in [9.17, 15) is 27.9 Å². The van der Waals surface area contributed by atoms with E-state index in [1.807, 2.05) is 0 Å². The molecular formula is C20H15ClF3NO3. The summed E-state index contributed by atoms with van der Waals surface area (Å²) in [6, 6.07) is 7.05. The van der Waals surface area contributed by atoms with Crippen LogP contribution >= 0.6 is 11.6 Å². The van der Waals surface area contributed by atoms with Crippen molar-refractivity contribution in [2.24, 2.45) is 0 Å². The van der Waals surface area contributed by atoms with Gasteiger partial charge < -0.3 is 14.9 Å². The molecule has 0 saturated carbocycles. The molecule has 3 aromatic rings. The van der Waals surface area contributed by atoms with Gasteiger partial charge in [0.1, 0.15) is 11.5 Å². The van der Waals surface area contributed by atoms with Crippen LogP contribution in [0.4, 0.5) is 13.2 Å². The van der Waals surface area contributed by atoms with Gasteiger partial charge in [0, 0.05) is 39.0 Å².